The predicted octanol–water partition coefficient (Wildman–Crippen LogP) is 5.17. The summed E-state index contributed by atoms with van der Waals surface area (Å²) >= 11 is 2.99. The molecule has 8 heteroatoms. The van der Waals surface area contributed by atoms with E-state index in [1.165, 1.54) is 23.9 Å². The molecule has 0 saturated carbocycles. The second-order valence-corrected chi connectivity index (χ2v) is 9.27. The van der Waals surface area contributed by atoms with E-state index in [1.54, 1.807) is 15.9 Å². The lowest BCUT2D eigenvalue weighted by Gasteiger charge is -2.21. The Morgan fingerprint density at radius 3 is 2.97 bits per heavy atom. The van der Waals surface area contributed by atoms with Crippen LogP contribution in [0, 0.1) is 19.7 Å². The number of aryl methyl sites for hydroxylation is 2. The lowest BCUT2D eigenvalue weighted by Crippen LogP contribution is -2.23. The average molecular weight is 435 g/mol. The van der Waals surface area contributed by atoms with Crippen LogP contribution in [0.1, 0.15) is 41.3 Å². The van der Waals surface area contributed by atoms with Crippen LogP contribution in [-0.2, 0) is 23.6 Å². The molecule has 1 aliphatic rings. The van der Waals surface area contributed by atoms with Crippen LogP contribution in [0.25, 0.3) is 10.2 Å². The SMILES string of the molecule is CCCCn1c(SCc2cc(F)cc3c2OCOC3)nc2sc(C)c(C)c2c1=O. The molecule has 0 bridgehead atoms. The van der Waals surface area contributed by atoms with Gasteiger partial charge in [0.05, 0.1) is 12.0 Å². The summed E-state index contributed by atoms with van der Waals surface area (Å²) in [6, 6.07) is 2.94. The average Bonchev–Trinajstić information content (AvgIpc) is 2.99. The first kappa shape index (κ1) is 20.4. The number of hydrogen-bond donors (Lipinski definition) is 0. The zero-order valence-electron chi connectivity index (χ0n) is 16.7. The third kappa shape index (κ3) is 3.93. The number of thiophene rings is 1. The zero-order chi connectivity index (χ0) is 20.5. The van der Waals surface area contributed by atoms with E-state index in [1.807, 2.05) is 13.8 Å². The standard InChI is InChI=1S/C21H23FN2O3S2/c1-4-5-6-24-20(25)17-12(2)13(3)29-19(17)23-21(24)28-10-15-8-16(22)7-14-9-26-11-27-18(14)15/h7-8H,4-6,9-11H2,1-3H3. The van der Waals surface area contributed by atoms with Gasteiger partial charge in [-0.1, -0.05) is 25.1 Å². The lowest BCUT2D eigenvalue weighted by atomic mass is 10.1. The van der Waals surface area contributed by atoms with Gasteiger partial charge in [-0.05, 0) is 38.0 Å². The fourth-order valence-corrected chi connectivity index (χ4v) is 5.50. The van der Waals surface area contributed by atoms with Crippen LogP contribution in [0.5, 0.6) is 5.75 Å². The fourth-order valence-electron chi connectivity index (χ4n) is 3.44. The maximum absolute atomic E-state index is 14.1. The normalized spacial score (nSPS) is 13.5. The molecule has 3 aromatic rings. The molecule has 0 spiro atoms. The van der Waals surface area contributed by atoms with Gasteiger partial charge in [0, 0.05) is 28.3 Å². The van der Waals surface area contributed by atoms with Gasteiger partial charge in [-0.3, -0.25) is 9.36 Å². The highest BCUT2D eigenvalue weighted by molar-refractivity contribution is 7.98. The van der Waals surface area contributed by atoms with Crippen molar-refractivity contribution >= 4 is 33.3 Å². The Labute approximate surface area is 176 Å². The van der Waals surface area contributed by atoms with E-state index in [4.69, 9.17) is 14.5 Å². The van der Waals surface area contributed by atoms with Gasteiger partial charge in [0.1, 0.15) is 16.4 Å². The molecule has 0 aliphatic carbocycles. The molecule has 5 nitrogen and oxygen atoms in total. The van der Waals surface area contributed by atoms with Gasteiger partial charge >= 0.3 is 0 Å². The highest BCUT2D eigenvalue weighted by atomic mass is 32.2. The number of fused-ring (bicyclic) bond motifs is 2. The molecular formula is C21H23FN2O3S2. The number of benzene rings is 1. The number of hydrogen-bond acceptors (Lipinski definition) is 6. The molecule has 154 valence electrons. The Morgan fingerprint density at radius 1 is 1.34 bits per heavy atom. The van der Waals surface area contributed by atoms with Gasteiger partial charge in [0.15, 0.2) is 11.9 Å². The van der Waals surface area contributed by atoms with Crippen LogP contribution in [0.2, 0.25) is 0 Å². The second-order valence-electron chi connectivity index (χ2n) is 7.12. The van der Waals surface area contributed by atoms with Crippen molar-refractivity contribution < 1.29 is 13.9 Å². The summed E-state index contributed by atoms with van der Waals surface area (Å²) < 4.78 is 26.7. The molecule has 0 unspecified atom stereocenters. The quantitative estimate of drug-likeness (QED) is 0.396. The Balaban J connectivity index is 1.72. The molecule has 0 atom stereocenters. The number of halogens is 1. The van der Waals surface area contributed by atoms with Crippen molar-refractivity contribution in [1.29, 1.82) is 0 Å². The third-order valence-electron chi connectivity index (χ3n) is 5.10. The monoisotopic (exact) mass is 434 g/mol. The fraction of sp³-hybridized carbons (Fsp3) is 0.429. The summed E-state index contributed by atoms with van der Waals surface area (Å²) in [7, 11) is 0. The number of nitrogens with zero attached hydrogens (tertiary/aromatic N) is 2. The molecule has 0 amide bonds. The van der Waals surface area contributed by atoms with Crippen LogP contribution < -0.4 is 10.3 Å². The van der Waals surface area contributed by atoms with Crippen molar-refractivity contribution in [3.05, 3.63) is 49.9 Å². The molecule has 4 rings (SSSR count). The van der Waals surface area contributed by atoms with Crippen LogP contribution in [0.3, 0.4) is 0 Å². The molecule has 0 saturated heterocycles. The molecule has 3 heterocycles. The lowest BCUT2D eigenvalue weighted by molar-refractivity contribution is -0.0171. The van der Waals surface area contributed by atoms with E-state index in [9.17, 15) is 9.18 Å². The first-order valence-electron chi connectivity index (χ1n) is 9.64. The Morgan fingerprint density at radius 2 is 2.17 bits per heavy atom. The minimum Gasteiger partial charge on any atom is -0.467 e. The van der Waals surface area contributed by atoms with E-state index in [0.29, 0.717) is 35.4 Å². The Hall–Kier alpha value is -1.90. The molecule has 29 heavy (non-hydrogen) atoms. The zero-order valence-corrected chi connectivity index (χ0v) is 18.3. The van der Waals surface area contributed by atoms with Crippen molar-refractivity contribution in [2.45, 2.75) is 57.7 Å². The summed E-state index contributed by atoms with van der Waals surface area (Å²) in [5.74, 6) is 0.828. The van der Waals surface area contributed by atoms with Gasteiger partial charge < -0.3 is 9.47 Å². The van der Waals surface area contributed by atoms with Gasteiger partial charge in [0.2, 0.25) is 0 Å². The summed E-state index contributed by atoms with van der Waals surface area (Å²) in [5, 5.41) is 1.39. The Bertz CT molecular complexity index is 1120. The summed E-state index contributed by atoms with van der Waals surface area (Å²) in [6.45, 7) is 7.22. The summed E-state index contributed by atoms with van der Waals surface area (Å²) in [4.78, 5) is 19.9. The minimum atomic E-state index is -0.315. The molecular weight excluding hydrogens is 411 g/mol. The maximum atomic E-state index is 14.1. The first-order valence-corrected chi connectivity index (χ1v) is 11.4. The van der Waals surface area contributed by atoms with Crippen molar-refractivity contribution in [1.82, 2.24) is 9.55 Å². The van der Waals surface area contributed by atoms with Crippen molar-refractivity contribution in [3.8, 4) is 5.75 Å². The number of thioether (sulfide) groups is 1. The van der Waals surface area contributed by atoms with Gasteiger partial charge in [-0.2, -0.15) is 0 Å². The van der Waals surface area contributed by atoms with Crippen LogP contribution in [0.15, 0.2) is 22.1 Å². The Kier molecular flexibility index (Phi) is 5.94. The highest BCUT2D eigenvalue weighted by Crippen LogP contribution is 2.34. The van der Waals surface area contributed by atoms with Crippen molar-refractivity contribution in [2.75, 3.05) is 6.79 Å². The molecule has 0 N–H and O–H groups in total. The minimum absolute atomic E-state index is 0.0127. The van der Waals surface area contributed by atoms with Crippen LogP contribution >= 0.6 is 23.1 Å². The van der Waals surface area contributed by atoms with E-state index in [2.05, 4.69) is 6.92 Å². The molecule has 1 aliphatic heterocycles. The number of rotatable bonds is 6. The summed E-state index contributed by atoms with van der Waals surface area (Å²) in [6.07, 6.45) is 1.89. The topological polar surface area (TPSA) is 53.4 Å². The number of ether oxygens (including phenoxy) is 2. The largest absolute Gasteiger partial charge is 0.467 e. The van der Waals surface area contributed by atoms with E-state index >= 15 is 0 Å². The third-order valence-corrected chi connectivity index (χ3v) is 7.22. The van der Waals surface area contributed by atoms with Crippen LogP contribution in [-0.4, -0.2) is 16.3 Å². The first-order chi connectivity index (χ1) is 14.0. The molecule has 2 aromatic heterocycles. The van der Waals surface area contributed by atoms with Crippen molar-refractivity contribution in [2.24, 2.45) is 0 Å². The number of aromatic nitrogens is 2. The second kappa shape index (κ2) is 8.45. The molecule has 1 aromatic carbocycles. The van der Waals surface area contributed by atoms with E-state index in [0.717, 1.165) is 39.1 Å². The van der Waals surface area contributed by atoms with Gasteiger partial charge in [-0.25, -0.2) is 9.37 Å². The van der Waals surface area contributed by atoms with Crippen LogP contribution in [0.4, 0.5) is 4.39 Å². The van der Waals surface area contributed by atoms with E-state index < -0.39 is 0 Å². The summed E-state index contributed by atoms with van der Waals surface area (Å²) in [5.41, 5.74) is 2.49. The van der Waals surface area contributed by atoms with Crippen molar-refractivity contribution in [3.63, 3.8) is 0 Å². The number of unbranched alkanes of at least 4 members (excludes halogenated alkanes) is 1. The van der Waals surface area contributed by atoms with Gasteiger partial charge in [-0.15, -0.1) is 11.3 Å². The molecule has 0 fully saturated rings. The maximum Gasteiger partial charge on any atom is 0.263 e. The highest BCUT2D eigenvalue weighted by Gasteiger charge is 2.20. The van der Waals surface area contributed by atoms with Gasteiger partial charge in [0.25, 0.3) is 5.56 Å². The smallest absolute Gasteiger partial charge is 0.263 e. The predicted molar refractivity (Wildman–Crippen MR) is 115 cm³/mol. The van der Waals surface area contributed by atoms with E-state index in [-0.39, 0.29) is 18.2 Å². The molecule has 0 radical (unpaired) electrons.